The average molecular weight is 349 g/mol. The maximum absolute atomic E-state index is 4.43. The third kappa shape index (κ3) is 3.35. The maximum Gasteiger partial charge on any atom is 0.139 e. The van der Waals surface area contributed by atoms with Crippen molar-refractivity contribution in [2.24, 2.45) is 0 Å². The molecule has 2 N–H and O–H groups in total. The molecule has 21 heavy (non-hydrogen) atoms. The Balaban J connectivity index is 2.50. The van der Waals surface area contributed by atoms with E-state index in [0.717, 1.165) is 27.4 Å². The summed E-state index contributed by atoms with van der Waals surface area (Å²) in [5.41, 5.74) is 4.56. The second kappa shape index (κ2) is 6.43. The molecule has 0 radical (unpaired) electrons. The molecular formula is C16H21BrN4. The first kappa shape index (κ1) is 15.8. The summed E-state index contributed by atoms with van der Waals surface area (Å²) in [7, 11) is 1.88. The number of hydrogen-bond donors (Lipinski definition) is 2. The molecule has 1 heterocycles. The van der Waals surface area contributed by atoms with Crippen molar-refractivity contribution in [3.8, 4) is 0 Å². The molecule has 1 aromatic heterocycles. The fourth-order valence-corrected chi connectivity index (χ4v) is 3.15. The highest BCUT2D eigenvalue weighted by molar-refractivity contribution is 9.10. The summed E-state index contributed by atoms with van der Waals surface area (Å²) >= 11 is 3.53. The van der Waals surface area contributed by atoms with Crippen LogP contribution in [0.15, 0.2) is 22.9 Å². The van der Waals surface area contributed by atoms with Gasteiger partial charge >= 0.3 is 0 Å². The largest absolute Gasteiger partial charge is 0.373 e. The van der Waals surface area contributed by atoms with Crippen LogP contribution in [0.5, 0.6) is 0 Å². The van der Waals surface area contributed by atoms with Gasteiger partial charge in [0, 0.05) is 22.8 Å². The van der Waals surface area contributed by atoms with Crippen LogP contribution in [0.1, 0.15) is 36.5 Å². The van der Waals surface area contributed by atoms with Crippen molar-refractivity contribution < 1.29 is 0 Å². The molecule has 0 fully saturated rings. The van der Waals surface area contributed by atoms with Gasteiger partial charge in [0.25, 0.3) is 0 Å². The Labute approximate surface area is 134 Å². The van der Waals surface area contributed by atoms with Crippen LogP contribution in [0.25, 0.3) is 0 Å². The van der Waals surface area contributed by atoms with E-state index in [0.29, 0.717) is 5.92 Å². The van der Waals surface area contributed by atoms with Gasteiger partial charge in [0.05, 0.1) is 0 Å². The lowest BCUT2D eigenvalue weighted by molar-refractivity contribution is 0.852. The number of anilines is 3. The van der Waals surface area contributed by atoms with Gasteiger partial charge in [-0.25, -0.2) is 9.97 Å². The smallest absolute Gasteiger partial charge is 0.139 e. The molecule has 0 aliphatic carbocycles. The van der Waals surface area contributed by atoms with Crippen molar-refractivity contribution in [1.29, 1.82) is 0 Å². The lowest BCUT2D eigenvalue weighted by Crippen LogP contribution is -2.08. The molecule has 2 rings (SSSR count). The van der Waals surface area contributed by atoms with Gasteiger partial charge in [0.2, 0.25) is 0 Å². The monoisotopic (exact) mass is 348 g/mol. The minimum Gasteiger partial charge on any atom is -0.373 e. The van der Waals surface area contributed by atoms with Gasteiger partial charge in [-0.3, -0.25) is 0 Å². The van der Waals surface area contributed by atoms with Crippen molar-refractivity contribution in [1.82, 2.24) is 9.97 Å². The van der Waals surface area contributed by atoms with Gasteiger partial charge in [-0.15, -0.1) is 0 Å². The molecule has 0 saturated heterocycles. The molecule has 1 aromatic carbocycles. The predicted molar refractivity (Wildman–Crippen MR) is 92.6 cm³/mol. The number of benzene rings is 1. The van der Waals surface area contributed by atoms with Crippen LogP contribution in [-0.2, 0) is 0 Å². The minimum absolute atomic E-state index is 0.326. The van der Waals surface area contributed by atoms with Crippen LogP contribution >= 0.6 is 15.9 Å². The maximum atomic E-state index is 4.43. The number of rotatable bonds is 4. The molecule has 5 heteroatoms. The summed E-state index contributed by atoms with van der Waals surface area (Å²) in [6, 6.07) is 4.20. The molecule has 0 atom stereocenters. The highest BCUT2D eigenvalue weighted by atomic mass is 79.9. The van der Waals surface area contributed by atoms with Gasteiger partial charge < -0.3 is 10.6 Å². The van der Waals surface area contributed by atoms with Crippen LogP contribution in [0.3, 0.4) is 0 Å². The van der Waals surface area contributed by atoms with Crippen molar-refractivity contribution in [3.05, 3.63) is 39.6 Å². The third-order valence-electron chi connectivity index (χ3n) is 3.44. The molecule has 4 nitrogen and oxygen atoms in total. The van der Waals surface area contributed by atoms with Gasteiger partial charge in [0.1, 0.15) is 18.0 Å². The first-order valence-electron chi connectivity index (χ1n) is 7.00. The Morgan fingerprint density at radius 2 is 1.62 bits per heavy atom. The highest BCUT2D eigenvalue weighted by Crippen LogP contribution is 2.33. The van der Waals surface area contributed by atoms with Gasteiger partial charge in [-0.1, -0.05) is 29.8 Å². The second-order valence-electron chi connectivity index (χ2n) is 5.43. The number of halogens is 1. The Morgan fingerprint density at radius 1 is 1.05 bits per heavy atom. The van der Waals surface area contributed by atoms with Gasteiger partial charge in [0.15, 0.2) is 0 Å². The molecule has 0 amide bonds. The summed E-state index contributed by atoms with van der Waals surface area (Å²) < 4.78 is 1.09. The van der Waals surface area contributed by atoms with E-state index in [1.54, 1.807) is 6.33 Å². The first-order chi connectivity index (χ1) is 9.93. The zero-order valence-electron chi connectivity index (χ0n) is 13.1. The van der Waals surface area contributed by atoms with Crippen LogP contribution in [-0.4, -0.2) is 17.0 Å². The lowest BCUT2D eigenvalue weighted by atomic mass is 10.0. The van der Waals surface area contributed by atoms with E-state index in [2.05, 4.69) is 76.4 Å². The van der Waals surface area contributed by atoms with Crippen LogP contribution in [0.4, 0.5) is 17.3 Å². The Morgan fingerprint density at radius 3 is 2.14 bits per heavy atom. The molecular weight excluding hydrogens is 328 g/mol. The number of hydrogen-bond acceptors (Lipinski definition) is 4. The quantitative estimate of drug-likeness (QED) is 0.835. The van der Waals surface area contributed by atoms with E-state index in [1.807, 2.05) is 7.05 Å². The van der Waals surface area contributed by atoms with Gasteiger partial charge in [-0.2, -0.15) is 0 Å². The third-order valence-corrected chi connectivity index (χ3v) is 3.90. The van der Waals surface area contributed by atoms with E-state index in [4.69, 9.17) is 0 Å². The molecule has 0 spiro atoms. The van der Waals surface area contributed by atoms with E-state index in [-0.39, 0.29) is 0 Å². The molecule has 112 valence electrons. The summed E-state index contributed by atoms with van der Waals surface area (Å²) in [5, 5.41) is 6.62. The highest BCUT2D eigenvalue weighted by Gasteiger charge is 2.15. The molecule has 0 unspecified atom stereocenters. The fourth-order valence-electron chi connectivity index (χ4n) is 2.47. The number of aryl methyl sites for hydroxylation is 2. The SMILES string of the molecule is CNc1ncnc(Nc2c(C)cc(Br)cc2C)c1C(C)C. The Kier molecular flexibility index (Phi) is 4.83. The predicted octanol–water partition coefficient (Wildman–Crippen LogP) is 4.76. The normalized spacial score (nSPS) is 10.8. The number of nitrogens with zero attached hydrogens (tertiary/aromatic N) is 2. The molecule has 0 saturated carbocycles. The number of aromatic nitrogens is 2. The zero-order valence-corrected chi connectivity index (χ0v) is 14.7. The average Bonchev–Trinajstić information content (AvgIpc) is 2.42. The van der Waals surface area contributed by atoms with Crippen LogP contribution in [0.2, 0.25) is 0 Å². The first-order valence-corrected chi connectivity index (χ1v) is 7.79. The summed E-state index contributed by atoms with van der Waals surface area (Å²) in [6.07, 6.45) is 1.59. The van der Waals surface area contributed by atoms with E-state index < -0.39 is 0 Å². The van der Waals surface area contributed by atoms with Crippen LogP contribution in [0, 0.1) is 13.8 Å². The molecule has 0 aliphatic heterocycles. The van der Waals surface area contributed by atoms with Crippen molar-refractivity contribution >= 4 is 33.3 Å². The summed E-state index contributed by atoms with van der Waals surface area (Å²) in [4.78, 5) is 8.74. The van der Waals surface area contributed by atoms with E-state index in [9.17, 15) is 0 Å². The van der Waals surface area contributed by atoms with Crippen molar-refractivity contribution in [3.63, 3.8) is 0 Å². The lowest BCUT2D eigenvalue weighted by Gasteiger charge is -2.19. The van der Waals surface area contributed by atoms with Crippen LogP contribution < -0.4 is 10.6 Å². The summed E-state index contributed by atoms with van der Waals surface area (Å²) in [5.74, 6) is 2.06. The minimum atomic E-state index is 0.326. The second-order valence-corrected chi connectivity index (χ2v) is 6.34. The Bertz CT molecular complexity index is 630. The zero-order chi connectivity index (χ0) is 15.6. The Hall–Kier alpha value is -1.62. The van der Waals surface area contributed by atoms with E-state index >= 15 is 0 Å². The van der Waals surface area contributed by atoms with Crippen molar-refractivity contribution in [2.75, 3.05) is 17.7 Å². The fraction of sp³-hybridized carbons (Fsp3) is 0.375. The van der Waals surface area contributed by atoms with Gasteiger partial charge in [-0.05, 0) is 43.0 Å². The number of nitrogens with one attached hydrogen (secondary N) is 2. The molecule has 2 aromatic rings. The molecule has 0 aliphatic rings. The topological polar surface area (TPSA) is 49.8 Å². The van der Waals surface area contributed by atoms with Crippen molar-refractivity contribution in [2.45, 2.75) is 33.6 Å². The van der Waals surface area contributed by atoms with E-state index in [1.165, 1.54) is 11.1 Å². The summed E-state index contributed by atoms with van der Waals surface area (Å²) in [6.45, 7) is 8.47. The molecule has 0 bridgehead atoms. The standard InChI is InChI=1S/C16H21BrN4/c1-9(2)13-15(18-5)19-8-20-16(13)21-14-10(3)6-12(17)7-11(14)4/h6-9H,1-5H3,(H2,18,19,20,21).